The number of carboxylic acids is 1. The number of nitrogens with one attached hydrogen (secondary N) is 1. The topological polar surface area (TPSA) is 97.3 Å². The van der Waals surface area contributed by atoms with Crippen LogP contribution < -0.4 is 9.47 Å². The number of aromatic amines is 1. The summed E-state index contributed by atoms with van der Waals surface area (Å²) in [6, 6.07) is 23.4. The lowest BCUT2D eigenvalue weighted by atomic mass is 9.96. The minimum Gasteiger partial charge on any atom is -0.497 e. The molecule has 2 N–H and O–H groups in total. The van der Waals surface area contributed by atoms with E-state index in [4.69, 9.17) is 9.47 Å². The Morgan fingerprint density at radius 1 is 0.914 bits per heavy atom. The maximum absolute atomic E-state index is 12.2. The van der Waals surface area contributed by atoms with Gasteiger partial charge >= 0.3 is 5.97 Å². The van der Waals surface area contributed by atoms with Gasteiger partial charge in [0.1, 0.15) is 16.4 Å². The van der Waals surface area contributed by atoms with Gasteiger partial charge in [-0.05, 0) is 63.1 Å². The lowest BCUT2D eigenvalue weighted by molar-refractivity contribution is -0.131. The Hall–Kier alpha value is -4.30. The zero-order chi connectivity index (χ0) is 24.4. The maximum Gasteiger partial charge on any atom is 0.342 e. The van der Waals surface area contributed by atoms with Gasteiger partial charge in [0, 0.05) is 11.6 Å². The maximum atomic E-state index is 12.2. The number of carbonyl (C=O) groups is 1. The summed E-state index contributed by atoms with van der Waals surface area (Å²) in [4.78, 5) is 16.8. The Labute approximate surface area is 205 Å². The van der Waals surface area contributed by atoms with Crippen molar-refractivity contribution < 1.29 is 19.4 Å². The fourth-order valence-electron chi connectivity index (χ4n) is 3.93. The van der Waals surface area contributed by atoms with Crippen molar-refractivity contribution in [2.45, 2.75) is 5.16 Å². The summed E-state index contributed by atoms with van der Waals surface area (Å²) in [5, 5.41) is 21.5. The molecule has 0 radical (unpaired) electrons. The molecule has 0 fully saturated rings. The Kier molecular flexibility index (Phi) is 6.12. The number of hydrogen-bond acceptors (Lipinski definition) is 6. The summed E-state index contributed by atoms with van der Waals surface area (Å²) in [5.74, 6) is 0.643. The lowest BCUT2D eigenvalue weighted by Gasteiger charge is -2.09. The Balaban J connectivity index is 1.56. The molecule has 0 aliphatic rings. The van der Waals surface area contributed by atoms with Crippen LogP contribution in [0.5, 0.6) is 11.5 Å². The predicted octanol–water partition coefficient (Wildman–Crippen LogP) is 6.01. The number of benzene rings is 4. The van der Waals surface area contributed by atoms with E-state index in [-0.39, 0.29) is 4.91 Å². The van der Waals surface area contributed by atoms with Crippen LogP contribution in [0.15, 0.2) is 82.9 Å². The van der Waals surface area contributed by atoms with Gasteiger partial charge in [-0.3, -0.25) is 5.10 Å². The van der Waals surface area contributed by atoms with E-state index in [2.05, 4.69) is 21.2 Å². The van der Waals surface area contributed by atoms with E-state index in [0.717, 1.165) is 38.9 Å². The largest absolute Gasteiger partial charge is 0.497 e. The minimum absolute atomic E-state index is 0.111. The zero-order valence-electron chi connectivity index (χ0n) is 19.0. The van der Waals surface area contributed by atoms with Crippen LogP contribution in [0.3, 0.4) is 0 Å². The highest BCUT2D eigenvalue weighted by Crippen LogP contribution is 2.34. The number of nitrogens with zero attached hydrogens (tertiary/aromatic N) is 2. The molecule has 0 unspecified atom stereocenters. The second-order valence-electron chi connectivity index (χ2n) is 7.72. The van der Waals surface area contributed by atoms with Gasteiger partial charge in [0.15, 0.2) is 5.82 Å². The van der Waals surface area contributed by atoms with E-state index >= 15 is 0 Å². The summed E-state index contributed by atoms with van der Waals surface area (Å²) in [5.41, 5.74) is 1.55. The highest BCUT2D eigenvalue weighted by atomic mass is 32.2. The van der Waals surface area contributed by atoms with Gasteiger partial charge in [0.2, 0.25) is 5.16 Å². The van der Waals surface area contributed by atoms with E-state index in [9.17, 15) is 9.90 Å². The van der Waals surface area contributed by atoms with Crippen LogP contribution in [0.2, 0.25) is 0 Å². The van der Waals surface area contributed by atoms with Gasteiger partial charge < -0.3 is 14.6 Å². The van der Waals surface area contributed by atoms with E-state index in [1.807, 2.05) is 48.5 Å². The number of aliphatic carboxylic acids is 1. The Morgan fingerprint density at radius 3 is 2.09 bits per heavy atom. The van der Waals surface area contributed by atoms with Crippen LogP contribution >= 0.6 is 11.8 Å². The van der Waals surface area contributed by atoms with Crippen LogP contribution in [-0.2, 0) is 4.79 Å². The number of hydrogen-bond donors (Lipinski definition) is 2. The number of fused-ring (bicyclic) bond motifs is 2. The molecule has 1 aromatic heterocycles. The predicted molar refractivity (Wildman–Crippen MR) is 138 cm³/mol. The molecule has 35 heavy (non-hydrogen) atoms. The monoisotopic (exact) mass is 483 g/mol. The standard InChI is InChI=1S/C27H21N3O4S/c1-33-19-12-18(13-20(14-19)34-2)25-28-27(30-29-25)35-24(26(31)32)15-23-21-9-5-3-7-16(21)11-17-8-4-6-10-22(17)23/h3-15H,1-2H3,(H,31,32)(H,28,29,30)/b24-15-. The molecule has 0 spiro atoms. The fourth-order valence-corrected chi connectivity index (χ4v) is 4.62. The van der Waals surface area contributed by atoms with E-state index in [1.54, 1.807) is 38.5 Å². The molecular weight excluding hydrogens is 462 g/mol. The molecule has 0 saturated heterocycles. The van der Waals surface area contributed by atoms with Crippen LogP contribution in [0.25, 0.3) is 39.0 Å². The number of ether oxygens (including phenoxy) is 2. The van der Waals surface area contributed by atoms with Crippen molar-refractivity contribution in [2.75, 3.05) is 14.2 Å². The number of rotatable bonds is 7. The lowest BCUT2D eigenvalue weighted by Crippen LogP contribution is -1.98. The van der Waals surface area contributed by atoms with Crippen molar-refractivity contribution in [1.82, 2.24) is 15.2 Å². The normalized spacial score (nSPS) is 11.7. The van der Waals surface area contributed by atoms with E-state index in [0.29, 0.717) is 28.0 Å². The third-order valence-electron chi connectivity index (χ3n) is 5.59. The van der Waals surface area contributed by atoms with Crippen LogP contribution in [0.4, 0.5) is 0 Å². The number of aromatic nitrogens is 3. The quantitative estimate of drug-likeness (QED) is 0.166. The average molecular weight is 484 g/mol. The number of methoxy groups -OCH3 is 2. The van der Waals surface area contributed by atoms with Gasteiger partial charge in [-0.15, -0.1) is 5.10 Å². The molecule has 1 heterocycles. The summed E-state index contributed by atoms with van der Waals surface area (Å²) >= 11 is 0.990. The molecule has 174 valence electrons. The average Bonchev–Trinajstić information content (AvgIpc) is 3.36. The first kappa shape index (κ1) is 22.5. The zero-order valence-corrected chi connectivity index (χ0v) is 19.8. The third-order valence-corrected chi connectivity index (χ3v) is 6.47. The van der Waals surface area contributed by atoms with Gasteiger partial charge in [-0.25, -0.2) is 9.78 Å². The second-order valence-corrected chi connectivity index (χ2v) is 8.73. The van der Waals surface area contributed by atoms with Gasteiger partial charge in [0.25, 0.3) is 0 Å². The molecule has 8 heteroatoms. The summed E-state index contributed by atoms with van der Waals surface area (Å²) in [6.45, 7) is 0. The Bertz CT molecular complexity index is 1520. The molecule has 0 aliphatic carbocycles. The highest BCUT2D eigenvalue weighted by Gasteiger charge is 2.17. The third kappa shape index (κ3) is 4.56. The SMILES string of the molecule is COc1cc(OC)cc(-c2nc(S/C(=C\c3c4ccccc4cc4ccccc34)C(=O)O)n[nH]2)c1. The molecular formula is C27H21N3O4S. The molecule has 0 bridgehead atoms. The van der Waals surface area contributed by atoms with Gasteiger partial charge in [0.05, 0.1) is 14.2 Å². The van der Waals surface area contributed by atoms with Crippen LogP contribution in [0, 0.1) is 0 Å². The van der Waals surface area contributed by atoms with Crippen molar-refractivity contribution in [1.29, 1.82) is 0 Å². The molecule has 0 saturated carbocycles. The van der Waals surface area contributed by atoms with Crippen molar-refractivity contribution in [3.8, 4) is 22.9 Å². The van der Waals surface area contributed by atoms with Crippen molar-refractivity contribution >= 4 is 45.4 Å². The number of carboxylic acid groups (broad SMARTS) is 1. The summed E-state index contributed by atoms with van der Waals surface area (Å²) < 4.78 is 10.6. The first-order chi connectivity index (χ1) is 17.1. The van der Waals surface area contributed by atoms with Crippen molar-refractivity contribution in [2.24, 2.45) is 0 Å². The molecule has 4 aromatic carbocycles. The molecule has 5 aromatic rings. The highest BCUT2D eigenvalue weighted by molar-refractivity contribution is 8.04. The smallest absolute Gasteiger partial charge is 0.342 e. The van der Waals surface area contributed by atoms with Crippen molar-refractivity contribution in [3.63, 3.8) is 0 Å². The Morgan fingerprint density at radius 2 is 1.51 bits per heavy atom. The first-order valence-corrected chi connectivity index (χ1v) is 11.6. The molecule has 0 aliphatic heterocycles. The first-order valence-electron chi connectivity index (χ1n) is 10.7. The van der Waals surface area contributed by atoms with Gasteiger partial charge in [-0.1, -0.05) is 48.5 Å². The van der Waals surface area contributed by atoms with Crippen molar-refractivity contribution in [3.05, 3.63) is 83.3 Å². The molecule has 0 atom stereocenters. The summed E-state index contributed by atoms with van der Waals surface area (Å²) in [7, 11) is 3.14. The number of thioether (sulfide) groups is 1. The van der Waals surface area contributed by atoms with Crippen LogP contribution in [-0.4, -0.2) is 40.5 Å². The fraction of sp³-hybridized carbons (Fsp3) is 0.0741. The number of H-pyrrole nitrogens is 1. The second kappa shape index (κ2) is 9.52. The minimum atomic E-state index is -1.05. The molecule has 7 nitrogen and oxygen atoms in total. The van der Waals surface area contributed by atoms with Gasteiger partial charge in [-0.2, -0.15) is 0 Å². The van der Waals surface area contributed by atoms with Crippen LogP contribution in [0.1, 0.15) is 5.56 Å². The van der Waals surface area contributed by atoms with E-state index < -0.39 is 5.97 Å². The summed E-state index contributed by atoms with van der Waals surface area (Å²) in [6.07, 6.45) is 1.70. The molecule has 5 rings (SSSR count). The van der Waals surface area contributed by atoms with E-state index in [1.165, 1.54) is 0 Å². The molecule has 0 amide bonds.